The van der Waals surface area contributed by atoms with Crippen LogP contribution in [0.1, 0.15) is 51.9 Å². The van der Waals surface area contributed by atoms with Gasteiger partial charge in [0.25, 0.3) is 0 Å². The highest BCUT2D eigenvalue weighted by Crippen LogP contribution is 2.21. The third-order valence-corrected chi connectivity index (χ3v) is 5.43. The first-order valence-electron chi connectivity index (χ1n) is 10.3. The number of nitrogens with one attached hydrogen (secondary N) is 2. The normalized spacial score (nSPS) is 27.7. The maximum absolute atomic E-state index is 12.1. The standard InChI is InChI=1S/C19H34N4O3/c1-2-20-19(21-10-9-18(24)22-15-6-3-4-7-15)23-11-13-26-17(14-23)16-8-5-12-25-16/h15-17H,2-14H2,1H3,(H,20,21)(H,22,24). The summed E-state index contributed by atoms with van der Waals surface area (Å²) in [6.07, 6.45) is 7.67. The van der Waals surface area contributed by atoms with E-state index in [-0.39, 0.29) is 18.1 Å². The molecule has 148 valence electrons. The number of aliphatic imine (C=N–C) groups is 1. The molecule has 2 N–H and O–H groups in total. The van der Waals surface area contributed by atoms with Crippen LogP contribution < -0.4 is 10.6 Å². The fourth-order valence-corrected chi connectivity index (χ4v) is 4.05. The van der Waals surface area contributed by atoms with Crippen molar-refractivity contribution in [2.75, 3.05) is 39.4 Å². The molecule has 1 saturated carbocycles. The van der Waals surface area contributed by atoms with Gasteiger partial charge in [-0.15, -0.1) is 0 Å². The van der Waals surface area contributed by atoms with E-state index in [1.807, 2.05) is 0 Å². The Morgan fingerprint density at radius 1 is 1.12 bits per heavy atom. The Balaban J connectivity index is 1.48. The topological polar surface area (TPSA) is 75.2 Å². The summed E-state index contributed by atoms with van der Waals surface area (Å²) in [5.41, 5.74) is 0. The zero-order valence-electron chi connectivity index (χ0n) is 16.0. The number of morpholine rings is 1. The predicted octanol–water partition coefficient (Wildman–Crippen LogP) is 1.28. The summed E-state index contributed by atoms with van der Waals surface area (Å²) in [5.74, 6) is 1.00. The van der Waals surface area contributed by atoms with Crippen molar-refractivity contribution in [1.29, 1.82) is 0 Å². The summed E-state index contributed by atoms with van der Waals surface area (Å²) < 4.78 is 11.7. The van der Waals surface area contributed by atoms with E-state index >= 15 is 0 Å². The molecule has 0 bridgehead atoms. The molecule has 0 aromatic heterocycles. The van der Waals surface area contributed by atoms with E-state index in [9.17, 15) is 4.79 Å². The molecule has 0 spiro atoms. The van der Waals surface area contributed by atoms with Crippen molar-refractivity contribution in [2.45, 2.75) is 70.1 Å². The van der Waals surface area contributed by atoms with E-state index in [2.05, 4.69) is 27.4 Å². The molecule has 3 rings (SSSR count). The summed E-state index contributed by atoms with van der Waals surface area (Å²) in [4.78, 5) is 19.0. The minimum absolute atomic E-state index is 0.112. The van der Waals surface area contributed by atoms with Gasteiger partial charge in [-0.3, -0.25) is 9.79 Å². The van der Waals surface area contributed by atoms with E-state index < -0.39 is 0 Å². The van der Waals surface area contributed by atoms with Gasteiger partial charge in [0, 0.05) is 38.7 Å². The summed E-state index contributed by atoms with van der Waals surface area (Å²) in [6.45, 7) is 6.55. The molecule has 2 heterocycles. The van der Waals surface area contributed by atoms with Gasteiger partial charge < -0.3 is 25.0 Å². The van der Waals surface area contributed by atoms with Crippen molar-refractivity contribution in [3.63, 3.8) is 0 Å². The molecular weight excluding hydrogens is 332 g/mol. The maximum atomic E-state index is 12.1. The van der Waals surface area contributed by atoms with Crippen molar-refractivity contribution >= 4 is 11.9 Å². The molecule has 2 atom stereocenters. The largest absolute Gasteiger partial charge is 0.375 e. The van der Waals surface area contributed by atoms with Crippen LogP contribution in [0.4, 0.5) is 0 Å². The van der Waals surface area contributed by atoms with E-state index in [0.717, 1.165) is 57.9 Å². The molecule has 3 aliphatic rings. The van der Waals surface area contributed by atoms with Gasteiger partial charge in [-0.1, -0.05) is 12.8 Å². The Morgan fingerprint density at radius 2 is 1.92 bits per heavy atom. The van der Waals surface area contributed by atoms with Gasteiger partial charge in [0.2, 0.25) is 5.91 Å². The number of amides is 1. The van der Waals surface area contributed by atoms with E-state index in [1.54, 1.807) is 0 Å². The Hall–Kier alpha value is -1.34. The van der Waals surface area contributed by atoms with Crippen molar-refractivity contribution in [3.05, 3.63) is 0 Å². The second kappa shape index (κ2) is 10.1. The van der Waals surface area contributed by atoms with Crippen molar-refractivity contribution in [3.8, 4) is 0 Å². The zero-order valence-corrected chi connectivity index (χ0v) is 16.0. The molecule has 0 aromatic rings. The van der Waals surface area contributed by atoms with Crippen LogP contribution in [-0.2, 0) is 14.3 Å². The van der Waals surface area contributed by atoms with Crippen LogP contribution in [0.25, 0.3) is 0 Å². The lowest BCUT2D eigenvalue weighted by Crippen LogP contribution is -2.53. The highest BCUT2D eigenvalue weighted by molar-refractivity contribution is 5.81. The van der Waals surface area contributed by atoms with E-state index in [0.29, 0.717) is 25.6 Å². The Labute approximate surface area is 156 Å². The lowest BCUT2D eigenvalue weighted by atomic mass is 10.1. The van der Waals surface area contributed by atoms with Crippen LogP contribution in [0.2, 0.25) is 0 Å². The number of hydrogen-bond donors (Lipinski definition) is 2. The van der Waals surface area contributed by atoms with Crippen LogP contribution in [0.5, 0.6) is 0 Å². The van der Waals surface area contributed by atoms with Crippen LogP contribution >= 0.6 is 0 Å². The summed E-state index contributed by atoms with van der Waals surface area (Å²) in [6, 6.07) is 0.381. The monoisotopic (exact) mass is 366 g/mol. The van der Waals surface area contributed by atoms with Crippen LogP contribution in [0, 0.1) is 0 Å². The number of ether oxygens (including phenoxy) is 2. The van der Waals surface area contributed by atoms with Gasteiger partial charge >= 0.3 is 0 Å². The number of carbonyl (C=O) groups is 1. The molecule has 0 aromatic carbocycles. The lowest BCUT2D eigenvalue weighted by Gasteiger charge is -2.37. The first-order chi connectivity index (χ1) is 12.8. The first kappa shape index (κ1) is 19.4. The smallest absolute Gasteiger partial charge is 0.222 e. The number of rotatable bonds is 6. The van der Waals surface area contributed by atoms with Crippen molar-refractivity contribution in [1.82, 2.24) is 15.5 Å². The Kier molecular flexibility index (Phi) is 7.55. The molecule has 7 nitrogen and oxygen atoms in total. The number of carbonyl (C=O) groups excluding carboxylic acids is 1. The van der Waals surface area contributed by atoms with E-state index in [1.165, 1.54) is 12.8 Å². The quantitative estimate of drug-likeness (QED) is 0.547. The molecule has 1 aliphatic carbocycles. The summed E-state index contributed by atoms with van der Waals surface area (Å²) >= 11 is 0. The minimum Gasteiger partial charge on any atom is -0.375 e. The van der Waals surface area contributed by atoms with Gasteiger partial charge in [-0.2, -0.15) is 0 Å². The molecule has 0 radical (unpaired) electrons. The zero-order chi connectivity index (χ0) is 18.2. The average molecular weight is 367 g/mol. The van der Waals surface area contributed by atoms with Crippen LogP contribution in [0.3, 0.4) is 0 Å². The second-order valence-electron chi connectivity index (χ2n) is 7.44. The average Bonchev–Trinajstić information content (AvgIpc) is 3.35. The fraction of sp³-hybridized carbons (Fsp3) is 0.895. The van der Waals surface area contributed by atoms with Gasteiger partial charge in [0.05, 0.1) is 19.3 Å². The molecule has 3 fully saturated rings. The Morgan fingerprint density at radius 3 is 2.65 bits per heavy atom. The minimum atomic E-state index is 0.112. The highest BCUT2D eigenvalue weighted by Gasteiger charge is 2.32. The molecule has 2 unspecified atom stereocenters. The highest BCUT2D eigenvalue weighted by atomic mass is 16.5. The molecule has 7 heteroatoms. The Bertz CT molecular complexity index is 473. The SMILES string of the molecule is CCNC(=NCCC(=O)NC1CCCC1)N1CCOC(C2CCCO2)C1. The van der Waals surface area contributed by atoms with E-state index in [4.69, 9.17) is 9.47 Å². The number of guanidine groups is 1. The lowest BCUT2D eigenvalue weighted by molar-refractivity contribution is -0.121. The van der Waals surface area contributed by atoms with Gasteiger partial charge in [-0.05, 0) is 32.6 Å². The molecule has 2 saturated heterocycles. The van der Waals surface area contributed by atoms with Crippen LogP contribution in [0.15, 0.2) is 4.99 Å². The van der Waals surface area contributed by atoms with Crippen LogP contribution in [-0.4, -0.2) is 74.4 Å². The van der Waals surface area contributed by atoms with Gasteiger partial charge in [0.15, 0.2) is 5.96 Å². The van der Waals surface area contributed by atoms with Crippen molar-refractivity contribution in [2.24, 2.45) is 4.99 Å². The van der Waals surface area contributed by atoms with Gasteiger partial charge in [0.1, 0.15) is 6.10 Å². The molecule has 2 aliphatic heterocycles. The molecular formula is C19H34N4O3. The second-order valence-corrected chi connectivity index (χ2v) is 7.44. The molecule has 26 heavy (non-hydrogen) atoms. The third kappa shape index (κ3) is 5.58. The number of nitrogens with zero attached hydrogens (tertiary/aromatic N) is 2. The third-order valence-electron chi connectivity index (χ3n) is 5.43. The molecule has 1 amide bonds. The first-order valence-corrected chi connectivity index (χ1v) is 10.3. The fourth-order valence-electron chi connectivity index (χ4n) is 4.05. The maximum Gasteiger partial charge on any atom is 0.222 e. The van der Waals surface area contributed by atoms with Gasteiger partial charge in [-0.25, -0.2) is 0 Å². The summed E-state index contributed by atoms with van der Waals surface area (Å²) in [5, 5.41) is 6.49. The number of hydrogen-bond acceptors (Lipinski definition) is 4. The summed E-state index contributed by atoms with van der Waals surface area (Å²) in [7, 11) is 0. The van der Waals surface area contributed by atoms with Crippen molar-refractivity contribution < 1.29 is 14.3 Å². The predicted molar refractivity (Wildman–Crippen MR) is 101 cm³/mol.